The first kappa shape index (κ1) is 18.4. The summed E-state index contributed by atoms with van der Waals surface area (Å²) in [6.07, 6.45) is 1.31. The van der Waals surface area contributed by atoms with Gasteiger partial charge in [0.15, 0.2) is 0 Å². The SMILES string of the molecule is CCSCCCN1CCN(Cc2cc(OC)ccc2OC)CC1. The van der Waals surface area contributed by atoms with Crippen LogP contribution in [-0.4, -0.2) is 68.2 Å². The van der Waals surface area contributed by atoms with Gasteiger partial charge < -0.3 is 14.4 Å². The van der Waals surface area contributed by atoms with Crippen molar-refractivity contribution >= 4 is 11.8 Å². The summed E-state index contributed by atoms with van der Waals surface area (Å²) in [5.41, 5.74) is 1.21. The van der Waals surface area contributed by atoms with Crippen LogP contribution in [-0.2, 0) is 6.54 Å². The molecule has 1 saturated heterocycles. The molecule has 0 spiro atoms. The Morgan fingerprint density at radius 1 is 1.04 bits per heavy atom. The van der Waals surface area contributed by atoms with Gasteiger partial charge in [-0.2, -0.15) is 11.8 Å². The highest BCUT2D eigenvalue weighted by molar-refractivity contribution is 7.99. The summed E-state index contributed by atoms with van der Waals surface area (Å²) in [6, 6.07) is 6.04. The Labute approximate surface area is 145 Å². The Morgan fingerprint density at radius 2 is 1.78 bits per heavy atom. The molecule has 0 radical (unpaired) electrons. The van der Waals surface area contributed by atoms with Gasteiger partial charge in [-0.05, 0) is 42.7 Å². The maximum atomic E-state index is 5.49. The molecule has 0 aliphatic carbocycles. The fourth-order valence-electron chi connectivity index (χ4n) is 2.95. The van der Waals surface area contributed by atoms with E-state index in [2.05, 4.69) is 22.8 Å². The minimum Gasteiger partial charge on any atom is -0.497 e. The molecule has 5 heteroatoms. The summed E-state index contributed by atoms with van der Waals surface area (Å²) in [5.74, 6) is 4.37. The number of thioether (sulfide) groups is 1. The minimum atomic E-state index is 0.896. The molecule has 0 unspecified atom stereocenters. The van der Waals surface area contributed by atoms with Crippen LogP contribution in [0.4, 0.5) is 0 Å². The zero-order chi connectivity index (χ0) is 16.5. The molecule has 0 amide bonds. The van der Waals surface area contributed by atoms with Crippen molar-refractivity contribution < 1.29 is 9.47 Å². The fraction of sp³-hybridized carbons (Fsp3) is 0.667. The molecule has 1 fully saturated rings. The monoisotopic (exact) mass is 338 g/mol. The maximum Gasteiger partial charge on any atom is 0.123 e. The largest absolute Gasteiger partial charge is 0.497 e. The fourth-order valence-corrected chi connectivity index (χ4v) is 3.57. The third-order valence-electron chi connectivity index (χ3n) is 4.31. The van der Waals surface area contributed by atoms with Gasteiger partial charge in [0.05, 0.1) is 14.2 Å². The van der Waals surface area contributed by atoms with Crippen molar-refractivity contribution in [1.82, 2.24) is 9.80 Å². The molecule has 0 saturated carbocycles. The average molecular weight is 339 g/mol. The van der Waals surface area contributed by atoms with E-state index in [1.807, 2.05) is 23.9 Å². The Hall–Kier alpha value is -0.910. The highest BCUT2D eigenvalue weighted by Gasteiger charge is 2.18. The number of methoxy groups -OCH3 is 2. The smallest absolute Gasteiger partial charge is 0.123 e. The van der Waals surface area contributed by atoms with Crippen LogP contribution in [0.25, 0.3) is 0 Å². The average Bonchev–Trinajstić information content (AvgIpc) is 2.60. The molecule has 1 aromatic rings. The predicted molar refractivity (Wildman–Crippen MR) is 98.9 cm³/mol. The minimum absolute atomic E-state index is 0.896. The van der Waals surface area contributed by atoms with E-state index in [9.17, 15) is 0 Å². The van der Waals surface area contributed by atoms with E-state index in [0.29, 0.717) is 0 Å². The maximum absolute atomic E-state index is 5.49. The normalized spacial score (nSPS) is 16.5. The molecule has 1 aromatic carbocycles. The zero-order valence-corrected chi connectivity index (χ0v) is 15.5. The molecule has 23 heavy (non-hydrogen) atoms. The number of piperazine rings is 1. The first-order chi connectivity index (χ1) is 11.3. The van der Waals surface area contributed by atoms with Crippen LogP contribution in [0.3, 0.4) is 0 Å². The number of rotatable bonds is 9. The van der Waals surface area contributed by atoms with Crippen LogP contribution in [0.2, 0.25) is 0 Å². The van der Waals surface area contributed by atoms with Crippen LogP contribution in [0.15, 0.2) is 18.2 Å². The summed E-state index contributed by atoms with van der Waals surface area (Å²) in [5, 5.41) is 0. The number of hydrogen-bond acceptors (Lipinski definition) is 5. The van der Waals surface area contributed by atoms with Gasteiger partial charge in [0.25, 0.3) is 0 Å². The molecule has 0 atom stereocenters. The molecule has 2 rings (SSSR count). The lowest BCUT2D eigenvalue weighted by Crippen LogP contribution is -2.46. The second-order valence-electron chi connectivity index (χ2n) is 5.85. The summed E-state index contributed by atoms with van der Waals surface area (Å²) >= 11 is 2.04. The van der Waals surface area contributed by atoms with Gasteiger partial charge in [-0.25, -0.2) is 0 Å². The molecule has 0 bridgehead atoms. The molecule has 1 aliphatic heterocycles. The Morgan fingerprint density at radius 3 is 2.43 bits per heavy atom. The molecule has 1 aliphatic rings. The second kappa shape index (κ2) is 10.1. The van der Waals surface area contributed by atoms with Gasteiger partial charge in [-0.15, -0.1) is 0 Å². The van der Waals surface area contributed by atoms with Crippen LogP contribution in [0.5, 0.6) is 11.5 Å². The van der Waals surface area contributed by atoms with E-state index < -0.39 is 0 Å². The molecule has 0 N–H and O–H groups in total. The van der Waals surface area contributed by atoms with Crippen molar-refractivity contribution in [2.45, 2.75) is 19.9 Å². The van der Waals surface area contributed by atoms with Crippen molar-refractivity contribution in [2.75, 3.05) is 58.4 Å². The first-order valence-electron chi connectivity index (χ1n) is 8.50. The van der Waals surface area contributed by atoms with Gasteiger partial charge in [-0.3, -0.25) is 4.90 Å². The number of ether oxygens (including phenoxy) is 2. The van der Waals surface area contributed by atoms with Crippen LogP contribution >= 0.6 is 11.8 Å². The first-order valence-corrected chi connectivity index (χ1v) is 9.65. The van der Waals surface area contributed by atoms with Gasteiger partial charge >= 0.3 is 0 Å². The van der Waals surface area contributed by atoms with Gasteiger partial charge in [-0.1, -0.05) is 6.92 Å². The van der Waals surface area contributed by atoms with E-state index in [1.165, 1.54) is 43.1 Å². The lowest BCUT2D eigenvalue weighted by Gasteiger charge is -2.35. The van der Waals surface area contributed by atoms with E-state index >= 15 is 0 Å². The summed E-state index contributed by atoms with van der Waals surface area (Å²) in [6.45, 7) is 8.99. The molecule has 1 heterocycles. The van der Waals surface area contributed by atoms with Crippen LogP contribution in [0.1, 0.15) is 18.9 Å². The summed E-state index contributed by atoms with van der Waals surface area (Å²) < 4.78 is 10.8. The standard InChI is InChI=1S/C18H30N2O2S/c1-4-23-13-5-8-19-9-11-20(12-10-19)15-16-14-17(21-2)6-7-18(16)22-3/h6-7,14H,4-5,8-13,15H2,1-3H3. The molecular formula is C18H30N2O2S. The highest BCUT2D eigenvalue weighted by Crippen LogP contribution is 2.25. The second-order valence-corrected chi connectivity index (χ2v) is 7.24. The highest BCUT2D eigenvalue weighted by atomic mass is 32.2. The molecule has 130 valence electrons. The third-order valence-corrected chi connectivity index (χ3v) is 5.30. The van der Waals surface area contributed by atoms with E-state index in [4.69, 9.17) is 9.47 Å². The number of nitrogens with zero attached hydrogens (tertiary/aromatic N) is 2. The van der Waals surface area contributed by atoms with E-state index in [1.54, 1.807) is 14.2 Å². The summed E-state index contributed by atoms with van der Waals surface area (Å²) in [4.78, 5) is 5.10. The Kier molecular flexibility index (Phi) is 8.06. The summed E-state index contributed by atoms with van der Waals surface area (Å²) in [7, 11) is 3.44. The van der Waals surface area contributed by atoms with Crippen molar-refractivity contribution in [3.05, 3.63) is 23.8 Å². The van der Waals surface area contributed by atoms with Crippen molar-refractivity contribution in [3.63, 3.8) is 0 Å². The van der Waals surface area contributed by atoms with Crippen molar-refractivity contribution in [2.24, 2.45) is 0 Å². The van der Waals surface area contributed by atoms with Gasteiger partial charge in [0.2, 0.25) is 0 Å². The third kappa shape index (κ3) is 5.90. The zero-order valence-electron chi connectivity index (χ0n) is 14.7. The Balaban J connectivity index is 1.80. The number of benzene rings is 1. The lowest BCUT2D eigenvalue weighted by atomic mass is 10.1. The van der Waals surface area contributed by atoms with Gasteiger partial charge in [0.1, 0.15) is 11.5 Å². The van der Waals surface area contributed by atoms with Gasteiger partial charge in [0, 0.05) is 38.3 Å². The molecular weight excluding hydrogens is 308 g/mol. The van der Waals surface area contributed by atoms with E-state index in [-0.39, 0.29) is 0 Å². The van der Waals surface area contributed by atoms with E-state index in [0.717, 1.165) is 31.1 Å². The molecule has 0 aromatic heterocycles. The number of hydrogen-bond donors (Lipinski definition) is 0. The predicted octanol–water partition coefficient (Wildman–Crippen LogP) is 2.96. The van der Waals surface area contributed by atoms with Crippen LogP contribution in [0, 0.1) is 0 Å². The Bertz CT molecular complexity index is 462. The lowest BCUT2D eigenvalue weighted by molar-refractivity contribution is 0.126. The molecule has 4 nitrogen and oxygen atoms in total. The van der Waals surface area contributed by atoms with Crippen LogP contribution < -0.4 is 9.47 Å². The topological polar surface area (TPSA) is 24.9 Å². The van der Waals surface area contributed by atoms with Crippen molar-refractivity contribution in [1.29, 1.82) is 0 Å². The quantitative estimate of drug-likeness (QED) is 0.645. The van der Waals surface area contributed by atoms with Crippen molar-refractivity contribution in [3.8, 4) is 11.5 Å².